The fourth-order valence-corrected chi connectivity index (χ4v) is 4.59. The minimum absolute atomic E-state index is 0.0306. The van der Waals surface area contributed by atoms with Gasteiger partial charge in [0.15, 0.2) is 5.43 Å². The Labute approximate surface area is 245 Å². The second-order valence-electron chi connectivity index (χ2n) is 8.79. The van der Waals surface area contributed by atoms with E-state index in [0.717, 1.165) is 14.2 Å². The Morgan fingerprint density at radius 2 is 1.47 bits per heavy atom. The number of hydrogen-bond donors (Lipinski definition) is 1. The van der Waals surface area contributed by atoms with Crippen LogP contribution in [-0.2, 0) is 29.5 Å². The van der Waals surface area contributed by atoms with Crippen LogP contribution in [0.25, 0.3) is 22.1 Å². The van der Waals surface area contributed by atoms with Gasteiger partial charge in [-0.05, 0) is 54.1 Å². The first kappa shape index (κ1) is 30.6. The van der Waals surface area contributed by atoms with E-state index in [1.54, 1.807) is 24.3 Å². The highest BCUT2D eigenvalue weighted by atomic mass is 32.3. The quantitative estimate of drug-likeness (QED) is 0.246. The van der Waals surface area contributed by atoms with Crippen molar-refractivity contribution < 1.29 is 49.8 Å². The molecule has 14 heteroatoms. The van der Waals surface area contributed by atoms with Crippen molar-refractivity contribution in [1.82, 2.24) is 5.32 Å². The van der Waals surface area contributed by atoms with Crippen LogP contribution in [0.5, 0.6) is 17.2 Å². The van der Waals surface area contributed by atoms with Crippen LogP contribution < -0.4 is 23.8 Å². The van der Waals surface area contributed by atoms with Crippen molar-refractivity contribution in [2.24, 2.45) is 0 Å². The Morgan fingerprint density at radius 1 is 0.837 bits per heavy atom. The number of ether oxygens (including phenoxy) is 3. The maximum Gasteiger partial charge on any atom is 0.500 e. The molecule has 0 aliphatic rings. The summed E-state index contributed by atoms with van der Waals surface area (Å²) in [6, 6.07) is 14.2. The van der Waals surface area contributed by atoms with Gasteiger partial charge in [-0.25, -0.2) is 4.79 Å². The second kappa shape index (κ2) is 13.1. The highest BCUT2D eigenvalue weighted by molar-refractivity contribution is 7.82. The average Bonchev–Trinajstić information content (AvgIpc) is 3.00. The lowest BCUT2D eigenvalue weighted by atomic mass is 10.1. The predicted octanol–water partition coefficient (Wildman–Crippen LogP) is 3.01. The molecule has 1 aromatic heterocycles. The summed E-state index contributed by atoms with van der Waals surface area (Å²) in [6.07, 6.45) is 0.815. The number of nitrogens with one attached hydrogen (secondary N) is 1. The van der Waals surface area contributed by atoms with Gasteiger partial charge in [0.1, 0.15) is 35.1 Å². The van der Waals surface area contributed by atoms with Crippen molar-refractivity contribution >= 4 is 39.2 Å². The Bertz CT molecular complexity index is 1810. The molecule has 0 bridgehead atoms. The summed E-state index contributed by atoms with van der Waals surface area (Å²) in [6.45, 7) is 0. The molecule has 0 saturated heterocycles. The Kier molecular flexibility index (Phi) is 9.30. The van der Waals surface area contributed by atoms with Gasteiger partial charge in [-0.3, -0.25) is 14.4 Å². The molecule has 4 aromatic rings. The number of methoxy groups -OCH3 is 3. The third kappa shape index (κ3) is 7.48. The first-order valence-electron chi connectivity index (χ1n) is 12.4. The summed E-state index contributed by atoms with van der Waals surface area (Å²) in [5.41, 5.74) is 0.706. The summed E-state index contributed by atoms with van der Waals surface area (Å²) >= 11 is 0. The van der Waals surface area contributed by atoms with Crippen molar-refractivity contribution in [3.8, 4) is 28.4 Å². The van der Waals surface area contributed by atoms with E-state index in [2.05, 4.69) is 14.8 Å². The van der Waals surface area contributed by atoms with Gasteiger partial charge in [-0.1, -0.05) is 12.1 Å². The van der Waals surface area contributed by atoms with E-state index < -0.39 is 40.7 Å². The molecule has 1 N–H and O–H groups in total. The van der Waals surface area contributed by atoms with Crippen LogP contribution in [-0.4, -0.2) is 53.6 Å². The lowest BCUT2D eigenvalue weighted by Gasteiger charge is -2.15. The van der Waals surface area contributed by atoms with Crippen molar-refractivity contribution in [2.75, 3.05) is 21.3 Å². The van der Waals surface area contributed by atoms with E-state index in [-0.39, 0.29) is 33.5 Å². The summed E-state index contributed by atoms with van der Waals surface area (Å²) in [7, 11) is -0.892. The standard InChI is InChI=1S/C29H25NO12S/c1-37-19-8-4-17(5-9-19)23-16-40-25-14-21(12-13-22(25)27(23)32)42-43(35,36)41-20-10-6-18(7-11-20)28(33)30-24(29(34)39-3)15-26(31)38-2/h4-14,16,24H,15H2,1-3H3,(H,30,33)/t24-/m0/s1. The van der Waals surface area contributed by atoms with Crippen molar-refractivity contribution in [2.45, 2.75) is 12.5 Å². The van der Waals surface area contributed by atoms with Gasteiger partial charge in [-0.2, -0.15) is 0 Å². The Hall–Kier alpha value is -5.37. The fourth-order valence-electron chi connectivity index (χ4n) is 3.87. The number of amides is 1. The van der Waals surface area contributed by atoms with Gasteiger partial charge in [-0.15, -0.1) is 8.42 Å². The second-order valence-corrected chi connectivity index (χ2v) is 9.94. The van der Waals surface area contributed by atoms with Crippen LogP contribution in [0.3, 0.4) is 0 Å². The normalized spacial score (nSPS) is 11.7. The minimum Gasteiger partial charge on any atom is -0.497 e. The molecule has 0 fully saturated rings. The first-order chi connectivity index (χ1) is 20.5. The lowest BCUT2D eigenvalue weighted by molar-refractivity contribution is -0.149. The number of carbonyl (C=O) groups is 3. The lowest BCUT2D eigenvalue weighted by Crippen LogP contribution is -2.43. The molecule has 13 nitrogen and oxygen atoms in total. The van der Waals surface area contributed by atoms with Gasteiger partial charge in [0.05, 0.1) is 38.7 Å². The fraction of sp³-hybridized carbons (Fsp3) is 0.172. The molecular weight excluding hydrogens is 586 g/mol. The largest absolute Gasteiger partial charge is 0.500 e. The highest BCUT2D eigenvalue weighted by Gasteiger charge is 2.26. The van der Waals surface area contributed by atoms with Gasteiger partial charge in [0.2, 0.25) is 0 Å². The smallest absolute Gasteiger partial charge is 0.497 e. The zero-order chi connectivity index (χ0) is 31.1. The maximum absolute atomic E-state index is 13.0. The number of carbonyl (C=O) groups excluding carboxylic acids is 3. The molecule has 0 radical (unpaired) electrons. The summed E-state index contributed by atoms with van der Waals surface area (Å²) in [5.74, 6) is -2.07. The van der Waals surface area contributed by atoms with E-state index in [1.807, 2.05) is 0 Å². The van der Waals surface area contributed by atoms with Crippen LogP contribution >= 0.6 is 0 Å². The molecule has 4 rings (SSSR count). The van der Waals surface area contributed by atoms with Crippen LogP contribution in [0, 0.1) is 0 Å². The van der Waals surface area contributed by atoms with Crippen LogP contribution in [0.15, 0.2) is 82.2 Å². The number of esters is 2. The molecule has 43 heavy (non-hydrogen) atoms. The molecule has 0 aliphatic carbocycles. The molecule has 1 amide bonds. The maximum atomic E-state index is 13.0. The average molecular weight is 612 g/mol. The van der Waals surface area contributed by atoms with E-state index in [9.17, 15) is 27.6 Å². The molecule has 1 heterocycles. The van der Waals surface area contributed by atoms with Gasteiger partial charge >= 0.3 is 22.3 Å². The minimum atomic E-state index is -4.65. The van der Waals surface area contributed by atoms with Crippen molar-refractivity contribution in [1.29, 1.82) is 0 Å². The van der Waals surface area contributed by atoms with Crippen LogP contribution in [0.4, 0.5) is 0 Å². The van der Waals surface area contributed by atoms with E-state index in [4.69, 9.17) is 17.5 Å². The predicted molar refractivity (Wildman–Crippen MR) is 151 cm³/mol. The highest BCUT2D eigenvalue weighted by Crippen LogP contribution is 2.26. The topological polar surface area (TPSA) is 174 Å². The monoisotopic (exact) mass is 611 g/mol. The summed E-state index contributed by atoms with van der Waals surface area (Å²) < 4.78 is 54.9. The van der Waals surface area contributed by atoms with Crippen molar-refractivity contribution in [3.05, 3.63) is 88.8 Å². The zero-order valence-corrected chi connectivity index (χ0v) is 23.8. The van der Waals surface area contributed by atoms with E-state index in [0.29, 0.717) is 16.9 Å². The third-order valence-corrected chi connectivity index (χ3v) is 6.84. The van der Waals surface area contributed by atoms with Crippen molar-refractivity contribution in [3.63, 3.8) is 0 Å². The Balaban J connectivity index is 1.44. The molecule has 0 spiro atoms. The molecule has 224 valence electrons. The number of fused-ring (bicyclic) bond motifs is 1. The first-order valence-corrected chi connectivity index (χ1v) is 13.8. The molecule has 0 aliphatic heterocycles. The number of hydrogen-bond acceptors (Lipinski definition) is 12. The number of rotatable bonds is 11. The van der Waals surface area contributed by atoms with Gasteiger partial charge < -0.3 is 32.3 Å². The SMILES string of the molecule is COC(=O)C[C@H](NC(=O)c1ccc(OS(=O)(=O)Oc2ccc3c(=O)c(-c4ccc(OC)cc4)coc3c2)cc1)C(=O)OC. The van der Waals surface area contributed by atoms with Gasteiger partial charge in [0.25, 0.3) is 5.91 Å². The van der Waals surface area contributed by atoms with Crippen LogP contribution in [0.1, 0.15) is 16.8 Å². The van der Waals surface area contributed by atoms with E-state index in [1.165, 1.54) is 55.8 Å². The molecule has 0 unspecified atom stereocenters. The number of benzene rings is 3. The third-order valence-electron chi connectivity index (χ3n) is 6.05. The van der Waals surface area contributed by atoms with E-state index >= 15 is 0 Å². The molecule has 1 atom stereocenters. The summed E-state index contributed by atoms with van der Waals surface area (Å²) in [5, 5.41) is 2.55. The zero-order valence-electron chi connectivity index (χ0n) is 23.0. The molecular formula is C29H25NO12S. The Morgan fingerprint density at radius 3 is 2.09 bits per heavy atom. The summed E-state index contributed by atoms with van der Waals surface area (Å²) in [4.78, 5) is 49.0. The molecule has 0 saturated carbocycles. The van der Waals surface area contributed by atoms with Gasteiger partial charge in [0, 0.05) is 11.6 Å². The molecule has 3 aromatic carbocycles. The van der Waals surface area contributed by atoms with Crippen LogP contribution in [0.2, 0.25) is 0 Å².